The Labute approximate surface area is 137 Å². The summed E-state index contributed by atoms with van der Waals surface area (Å²) in [6.45, 7) is 3.86. The molecule has 0 bridgehead atoms. The molecule has 0 aliphatic carbocycles. The molecular weight excluding hydrogens is 290 g/mol. The van der Waals surface area contributed by atoms with Gasteiger partial charge in [-0.25, -0.2) is 9.97 Å². The van der Waals surface area contributed by atoms with Crippen LogP contribution in [0.15, 0.2) is 35.1 Å². The van der Waals surface area contributed by atoms with Crippen LogP contribution in [0.25, 0.3) is 0 Å². The van der Waals surface area contributed by atoms with Crippen molar-refractivity contribution in [3.05, 3.63) is 42.2 Å². The first-order chi connectivity index (χ1) is 11.2. The van der Waals surface area contributed by atoms with Crippen molar-refractivity contribution in [1.29, 1.82) is 0 Å². The summed E-state index contributed by atoms with van der Waals surface area (Å²) in [4.78, 5) is 13.4. The van der Waals surface area contributed by atoms with E-state index >= 15 is 0 Å². The lowest BCUT2D eigenvalue weighted by Crippen LogP contribution is -2.33. The molecule has 6 heteroatoms. The molecule has 0 unspecified atom stereocenters. The molecule has 1 aliphatic heterocycles. The molecule has 1 saturated heterocycles. The summed E-state index contributed by atoms with van der Waals surface area (Å²) in [5.41, 5.74) is 5.74. The van der Waals surface area contributed by atoms with Crippen molar-refractivity contribution in [1.82, 2.24) is 19.8 Å². The maximum atomic E-state index is 5.74. The molecule has 6 nitrogen and oxygen atoms in total. The first kappa shape index (κ1) is 16.0. The van der Waals surface area contributed by atoms with Gasteiger partial charge in [0.1, 0.15) is 17.4 Å². The van der Waals surface area contributed by atoms with Crippen molar-refractivity contribution in [3.63, 3.8) is 0 Å². The lowest BCUT2D eigenvalue weighted by molar-refractivity contribution is 0.199. The lowest BCUT2D eigenvalue weighted by Gasteiger charge is -2.26. The third-order valence-electron chi connectivity index (χ3n) is 4.49. The molecule has 3 rings (SSSR count). The molecule has 23 heavy (non-hydrogen) atoms. The maximum absolute atomic E-state index is 5.74. The second kappa shape index (κ2) is 7.57. The third-order valence-corrected chi connectivity index (χ3v) is 4.49. The van der Waals surface area contributed by atoms with E-state index in [-0.39, 0.29) is 0 Å². The minimum atomic E-state index is 0.536. The molecule has 3 heterocycles. The molecule has 1 fully saturated rings. The summed E-state index contributed by atoms with van der Waals surface area (Å²) in [6.07, 6.45) is 7.03. The van der Waals surface area contributed by atoms with Crippen LogP contribution in [0, 0.1) is 0 Å². The normalized spacial score (nSPS) is 19.8. The predicted octanol–water partition coefficient (Wildman–Crippen LogP) is 2.14. The summed E-state index contributed by atoms with van der Waals surface area (Å²) in [6, 6.07) is 6.28. The van der Waals surface area contributed by atoms with Gasteiger partial charge in [-0.1, -0.05) is 0 Å². The zero-order chi connectivity index (χ0) is 16.1. The Morgan fingerprint density at radius 3 is 3.04 bits per heavy atom. The van der Waals surface area contributed by atoms with Crippen LogP contribution in [0.1, 0.15) is 30.8 Å². The highest BCUT2D eigenvalue weighted by atomic mass is 16.3. The zero-order valence-electron chi connectivity index (χ0n) is 13.7. The Hall–Kier alpha value is -1.92. The van der Waals surface area contributed by atoms with Crippen LogP contribution in [0.2, 0.25) is 0 Å². The van der Waals surface area contributed by atoms with Gasteiger partial charge in [-0.05, 0) is 51.1 Å². The minimum absolute atomic E-state index is 0.536. The smallest absolute Gasteiger partial charge is 0.144 e. The van der Waals surface area contributed by atoms with Crippen molar-refractivity contribution in [2.75, 3.05) is 25.9 Å². The van der Waals surface area contributed by atoms with Gasteiger partial charge in [-0.3, -0.25) is 9.80 Å². The van der Waals surface area contributed by atoms with E-state index in [4.69, 9.17) is 10.2 Å². The van der Waals surface area contributed by atoms with E-state index in [0.29, 0.717) is 11.9 Å². The summed E-state index contributed by atoms with van der Waals surface area (Å²) in [5, 5.41) is 0. The number of furan rings is 1. The number of hydrogen-bond donors (Lipinski definition) is 1. The van der Waals surface area contributed by atoms with Crippen molar-refractivity contribution >= 4 is 5.82 Å². The Kier molecular flexibility index (Phi) is 5.25. The number of nitrogens with two attached hydrogens (primary N) is 1. The van der Waals surface area contributed by atoms with Crippen molar-refractivity contribution in [2.24, 2.45) is 0 Å². The molecule has 1 aliphatic rings. The second-order valence-corrected chi connectivity index (χ2v) is 6.25. The van der Waals surface area contributed by atoms with Crippen LogP contribution >= 0.6 is 0 Å². The molecular formula is C17H25N5O. The number of nitrogen functional groups attached to an aromatic ring is 1. The van der Waals surface area contributed by atoms with Crippen LogP contribution in [0.5, 0.6) is 0 Å². The third kappa shape index (κ3) is 4.53. The van der Waals surface area contributed by atoms with Crippen molar-refractivity contribution in [3.8, 4) is 0 Å². The Bertz CT molecular complexity index is 601. The molecule has 0 aromatic carbocycles. The van der Waals surface area contributed by atoms with Gasteiger partial charge in [0.25, 0.3) is 0 Å². The quantitative estimate of drug-likeness (QED) is 0.911. The zero-order valence-corrected chi connectivity index (χ0v) is 13.7. The lowest BCUT2D eigenvalue weighted by atomic mass is 10.1. The van der Waals surface area contributed by atoms with Crippen LogP contribution < -0.4 is 5.73 Å². The molecule has 0 amide bonds. The highest BCUT2D eigenvalue weighted by molar-refractivity contribution is 5.24. The maximum Gasteiger partial charge on any atom is 0.144 e. The van der Waals surface area contributed by atoms with Gasteiger partial charge in [0.05, 0.1) is 19.4 Å². The van der Waals surface area contributed by atoms with Gasteiger partial charge in [-0.15, -0.1) is 0 Å². The molecule has 0 spiro atoms. The largest absolute Gasteiger partial charge is 0.468 e. The minimum Gasteiger partial charge on any atom is -0.468 e. The van der Waals surface area contributed by atoms with Gasteiger partial charge in [0.15, 0.2) is 0 Å². The van der Waals surface area contributed by atoms with Crippen LogP contribution in [-0.4, -0.2) is 45.9 Å². The molecule has 2 aromatic rings. The van der Waals surface area contributed by atoms with E-state index in [2.05, 4.69) is 26.8 Å². The predicted molar refractivity (Wildman–Crippen MR) is 89.5 cm³/mol. The molecule has 1 atom stereocenters. The standard InChI is InChI=1S/C17H25N5O/c1-21(13-17-19-8-6-16(18)20-17)14-4-2-9-22(10-7-14)12-15-5-3-11-23-15/h3,5-6,8,11,14H,2,4,7,9-10,12-13H2,1H3,(H2,18,19,20)/t14-/m0/s1. The van der Waals surface area contributed by atoms with Crippen LogP contribution in [0.4, 0.5) is 5.82 Å². The van der Waals surface area contributed by atoms with Crippen molar-refractivity contribution < 1.29 is 4.42 Å². The molecule has 0 radical (unpaired) electrons. The van der Waals surface area contributed by atoms with Gasteiger partial charge >= 0.3 is 0 Å². The number of nitrogens with zero attached hydrogens (tertiary/aromatic N) is 4. The highest BCUT2D eigenvalue weighted by Gasteiger charge is 2.21. The van der Waals surface area contributed by atoms with Gasteiger partial charge in [-0.2, -0.15) is 0 Å². The van der Waals surface area contributed by atoms with Crippen LogP contribution in [-0.2, 0) is 13.1 Å². The van der Waals surface area contributed by atoms with Crippen molar-refractivity contribution in [2.45, 2.75) is 38.4 Å². The first-order valence-electron chi connectivity index (χ1n) is 8.23. The van der Waals surface area contributed by atoms with E-state index in [1.54, 1.807) is 18.5 Å². The number of likely N-dealkylation sites (tertiary alicyclic amines) is 1. The molecule has 2 aromatic heterocycles. The fourth-order valence-corrected chi connectivity index (χ4v) is 3.20. The summed E-state index contributed by atoms with van der Waals surface area (Å²) in [5.74, 6) is 2.38. The first-order valence-corrected chi connectivity index (χ1v) is 8.23. The van der Waals surface area contributed by atoms with E-state index < -0.39 is 0 Å². The van der Waals surface area contributed by atoms with E-state index in [1.165, 1.54) is 12.8 Å². The van der Waals surface area contributed by atoms with Gasteiger partial charge < -0.3 is 10.2 Å². The summed E-state index contributed by atoms with van der Waals surface area (Å²) in [7, 11) is 2.15. The SMILES string of the molecule is CN(Cc1nccc(N)n1)[C@H]1CCCN(Cc2ccco2)CC1. The number of aromatic nitrogens is 2. The monoisotopic (exact) mass is 315 g/mol. The highest BCUT2D eigenvalue weighted by Crippen LogP contribution is 2.19. The average Bonchev–Trinajstić information content (AvgIpc) is 2.91. The Balaban J connectivity index is 1.52. The van der Waals surface area contributed by atoms with E-state index in [1.807, 2.05) is 12.1 Å². The number of hydrogen-bond acceptors (Lipinski definition) is 6. The summed E-state index contributed by atoms with van der Waals surface area (Å²) < 4.78 is 5.46. The average molecular weight is 315 g/mol. The summed E-state index contributed by atoms with van der Waals surface area (Å²) >= 11 is 0. The Morgan fingerprint density at radius 2 is 2.26 bits per heavy atom. The van der Waals surface area contributed by atoms with E-state index in [9.17, 15) is 0 Å². The Morgan fingerprint density at radius 1 is 1.35 bits per heavy atom. The van der Waals surface area contributed by atoms with E-state index in [0.717, 1.165) is 44.2 Å². The fourth-order valence-electron chi connectivity index (χ4n) is 3.20. The topological polar surface area (TPSA) is 71.4 Å². The number of anilines is 1. The molecule has 0 saturated carbocycles. The molecule has 2 N–H and O–H groups in total. The van der Waals surface area contributed by atoms with Gasteiger partial charge in [0, 0.05) is 18.8 Å². The van der Waals surface area contributed by atoms with Gasteiger partial charge in [0.2, 0.25) is 0 Å². The van der Waals surface area contributed by atoms with Crippen LogP contribution in [0.3, 0.4) is 0 Å². The molecule has 124 valence electrons. The fraction of sp³-hybridized carbons (Fsp3) is 0.529. The number of rotatable bonds is 5. The second-order valence-electron chi connectivity index (χ2n) is 6.25.